The van der Waals surface area contributed by atoms with Crippen molar-refractivity contribution in [2.24, 2.45) is 11.3 Å². The molecule has 0 radical (unpaired) electrons. The van der Waals surface area contributed by atoms with E-state index in [0.717, 1.165) is 55.4 Å². The van der Waals surface area contributed by atoms with Gasteiger partial charge in [-0.05, 0) is 31.2 Å². The summed E-state index contributed by atoms with van der Waals surface area (Å²) in [5.41, 5.74) is 1.19. The molecule has 1 N–H and O–H groups in total. The zero-order valence-electron chi connectivity index (χ0n) is 13.6. The lowest BCUT2D eigenvalue weighted by Gasteiger charge is -2.53. The number of piperidine rings is 2. The minimum Gasteiger partial charge on any atom is -0.355 e. The normalized spacial score (nSPS) is 27.7. The van der Waals surface area contributed by atoms with Gasteiger partial charge in [0.1, 0.15) is 17.8 Å². The monoisotopic (exact) mass is 309 g/mol. The fourth-order valence-electron chi connectivity index (χ4n) is 4.52. The number of aromatic nitrogens is 3. The molecule has 5 nitrogen and oxygen atoms in total. The number of fused-ring (bicyclic) bond motifs is 2. The van der Waals surface area contributed by atoms with Gasteiger partial charge in [0.15, 0.2) is 0 Å². The fourth-order valence-corrected chi connectivity index (χ4v) is 4.52. The fraction of sp³-hybridized carbons (Fsp3) is 0.556. The molecule has 23 heavy (non-hydrogen) atoms. The molecule has 4 heterocycles. The van der Waals surface area contributed by atoms with Crippen LogP contribution in [0.25, 0.3) is 11.0 Å². The standard InChI is InChI=1S/C18H23N5/c1-3-18-11-22(4-2)9-6-14(18)7-10-23(12-18)17-15-5-8-19-16(15)20-13-21-17/h2,5,8,13-14H,3,6-7,9-12H2,1H3,(H,19,20,21)/t14?,18-/m1/s1. The van der Waals surface area contributed by atoms with Crippen LogP contribution in [0.4, 0.5) is 5.82 Å². The summed E-state index contributed by atoms with van der Waals surface area (Å²) in [6.07, 6.45) is 12.9. The highest BCUT2D eigenvalue weighted by atomic mass is 15.2. The van der Waals surface area contributed by atoms with Crippen LogP contribution in [0.2, 0.25) is 0 Å². The number of anilines is 1. The Balaban J connectivity index is 1.68. The summed E-state index contributed by atoms with van der Waals surface area (Å²) < 4.78 is 0. The number of hydrogen-bond acceptors (Lipinski definition) is 4. The zero-order valence-corrected chi connectivity index (χ0v) is 13.6. The third-order valence-electron chi connectivity index (χ3n) is 5.89. The van der Waals surface area contributed by atoms with E-state index < -0.39 is 0 Å². The average molecular weight is 309 g/mol. The van der Waals surface area contributed by atoms with Gasteiger partial charge in [0.25, 0.3) is 0 Å². The van der Waals surface area contributed by atoms with Crippen molar-refractivity contribution in [3.8, 4) is 12.5 Å². The molecule has 120 valence electrons. The lowest BCUT2D eigenvalue weighted by molar-refractivity contribution is 0.0367. The molecule has 0 bridgehead atoms. The average Bonchev–Trinajstić information content (AvgIpc) is 3.09. The Labute approximate surface area is 137 Å². The van der Waals surface area contributed by atoms with Crippen molar-refractivity contribution in [3.63, 3.8) is 0 Å². The largest absolute Gasteiger partial charge is 0.355 e. The second-order valence-corrected chi connectivity index (χ2v) is 6.90. The predicted octanol–water partition coefficient (Wildman–Crippen LogP) is 2.48. The van der Waals surface area contributed by atoms with Crippen molar-refractivity contribution >= 4 is 16.9 Å². The van der Waals surface area contributed by atoms with Crippen LogP contribution >= 0.6 is 0 Å². The summed E-state index contributed by atoms with van der Waals surface area (Å²) in [7, 11) is 0. The first kappa shape index (κ1) is 14.4. The van der Waals surface area contributed by atoms with E-state index in [1.807, 2.05) is 6.20 Å². The van der Waals surface area contributed by atoms with Crippen LogP contribution in [0.1, 0.15) is 26.2 Å². The molecular formula is C18H23N5. The molecule has 0 amide bonds. The number of terminal acetylenes is 1. The third-order valence-corrected chi connectivity index (χ3v) is 5.89. The van der Waals surface area contributed by atoms with Crippen LogP contribution in [0.15, 0.2) is 18.6 Å². The summed E-state index contributed by atoms with van der Waals surface area (Å²) in [6, 6.07) is 4.93. The second-order valence-electron chi connectivity index (χ2n) is 6.90. The molecule has 2 aromatic rings. The van der Waals surface area contributed by atoms with E-state index in [1.54, 1.807) is 6.33 Å². The van der Waals surface area contributed by atoms with Crippen molar-refractivity contribution in [2.45, 2.75) is 26.2 Å². The summed E-state index contributed by atoms with van der Waals surface area (Å²) in [5, 5.41) is 1.11. The van der Waals surface area contributed by atoms with Gasteiger partial charge < -0.3 is 14.8 Å². The maximum absolute atomic E-state index is 5.68. The highest BCUT2D eigenvalue weighted by Gasteiger charge is 2.45. The van der Waals surface area contributed by atoms with Gasteiger partial charge in [-0.3, -0.25) is 0 Å². The highest BCUT2D eigenvalue weighted by molar-refractivity contribution is 5.87. The van der Waals surface area contributed by atoms with Gasteiger partial charge in [0.05, 0.1) is 5.39 Å². The lowest BCUT2D eigenvalue weighted by Crippen LogP contribution is -2.57. The molecule has 2 aliphatic rings. The van der Waals surface area contributed by atoms with Crippen molar-refractivity contribution in [2.75, 3.05) is 31.1 Å². The van der Waals surface area contributed by atoms with Crippen LogP contribution in [0.5, 0.6) is 0 Å². The Morgan fingerprint density at radius 1 is 1.35 bits per heavy atom. The molecular weight excluding hydrogens is 286 g/mol. The maximum atomic E-state index is 5.68. The van der Waals surface area contributed by atoms with Gasteiger partial charge in [-0.2, -0.15) is 0 Å². The number of H-pyrrole nitrogens is 1. The summed E-state index contributed by atoms with van der Waals surface area (Å²) >= 11 is 0. The van der Waals surface area contributed by atoms with E-state index in [1.165, 1.54) is 12.8 Å². The quantitative estimate of drug-likeness (QED) is 0.866. The molecule has 2 aliphatic heterocycles. The van der Waals surface area contributed by atoms with Crippen molar-refractivity contribution in [1.29, 1.82) is 0 Å². The molecule has 2 saturated heterocycles. The van der Waals surface area contributed by atoms with E-state index in [9.17, 15) is 0 Å². The van der Waals surface area contributed by atoms with Crippen LogP contribution < -0.4 is 4.90 Å². The molecule has 2 atom stereocenters. The third kappa shape index (κ3) is 2.24. The first-order chi connectivity index (χ1) is 11.3. The summed E-state index contributed by atoms with van der Waals surface area (Å²) in [5.74, 6) is 1.83. The Bertz CT molecular complexity index is 745. The topological polar surface area (TPSA) is 48.1 Å². The van der Waals surface area contributed by atoms with E-state index in [2.05, 4.69) is 43.8 Å². The molecule has 1 unspecified atom stereocenters. The maximum Gasteiger partial charge on any atom is 0.142 e. The smallest absolute Gasteiger partial charge is 0.142 e. The van der Waals surface area contributed by atoms with Crippen LogP contribution in [0, 0.1) is 23.8 Å². The van der Waals surface area contributed by atoms with Gasteiger partial charge in [0, 0.05) is 43.8 Å². The van der Waals surface area contributed by atoms with Crippen molar-refractivity contribution in [3.05, 3.63) is 18.6 Å². The molecule has 0 aromatic carbocycles. The minimum absolute atomic E-state index is 0.274. The van der Waals surface area contributed by atoms with Crippen LogP contribution in [-0.2, 0) is 0 Å². The van der Waals surface area contributed by atoms with E-state index in [-0.39, 0.29) is 5.41 Å². The number of aromatic amines is 1. The number of hydrogen-bond donors (Lipinski definition) is 1. The van der Waals surface area contributed by atoms with Gasteiger partial charge in [-0.15, -0.1) is 0 Å². The predicted molar refractivity (Wildman–Crippen MR) is 92.0 cm³/mol. The van der Waals surface area contributed by atoms with E-state index in [4.69, 9.17) is 6.42 Å². The second kappa shape index (κ2) is 5.45. The molecule has 0 spiro atoms. The molecule has 5 heteroatoms. The molecule has 4 rings (SSSR count). The highest BCUT2D eigenvalue weighted by Crippen LogP contribution is 2.45. The molecule has 2 aromatic heterocycles. The lowest BCUT2D eigenvalue weighted by atomic mass is 9.65. The number of nitrogens with zero attached hydrogens (tertiary/aromatic N) is 4. The van der Waals surface area contributed by atoms with Gasteiger partial charge >= 0.3 is 0 Å². The summed E-state index contributed by atoms with van der Waals surface area (Å²) in [6.45, 7) is 6.45. The zero-order chi connectivity index (χ0) is 15.9. The number of rotatable bonds is 2. The van der Waals surface area contributed by atoms with Crippen molar-refractivity contribution < 1.29 is 0 Å². The van der Waals surface area contributed by atoms with E-state index in [0.29, 0.717) is 0 Å². The Kier molecular flexibility index (Phi) is 3.41. The van der Waals surface area contributed by atoms with Gasteiger partial charge in [-0.25, -0.2) is 9.97 Å². The van der Waals surface area contributed by atoms with Gasteiger partial charge in [-0.1, -0.05) is 13.3 Å². The Hall–Kier alpha value is -2.22. The molecule has 0 saturated carbocycles. The first-order valence-electron chi connectivity index (χ1n) is 8.50. The SMILES string of the molecule is C#CN1CCC2CCN(c3ncnc4[nH]ccc34)C[C@@]2(CC)C1. The van der Waals surface area contributed by atoms with E-state index >= 15 is 0 Å². The number of nitrogens with one attached hydrogen (secondary N) is 1. The van der Waals surface area contributed by atoms with Crippen molar-refractivity contribution in [1.82, 2.24) is 19.9 Å². The summed E-state index contributed by atoms with van der Waals surface area (Å²) in [4.78, 5) is 16.7. The number of likely N-dealkylation sites (tertiary alicyclic amines) is 1. The molecule has 0 aliphatic carbocycles. The van der Waals surface area contributed by atoms with Crippen LogP contribution in [-0.4, -0.2) is 46.0 Å². The minimum atomic E-state index is 0.274. The first-order valence-corrected chi connectivity index (χ1v) is 8.50. The Morgan fingerprint density at radius 3 is 3.04 bits per heavy atom. The van der Waals surface area contributed by atoms with Crippen LogP contribution in [0.3, 0.4) is 0 Å². The van der Waals surface area contributed by atoms with Gasteiger partial charge in [0.2, 0.25) is 0 Å². The Morgan fingerprint density at radius 2 is 2.22 bits per heavy atom. The molecule has 2 fully saturated rings.